The molecule has 2 atom stereocenters. The Labute approximate surface area is 138 Å². The molecule has 124 valence electrons. The van der Waals surface area contributed by atoms with Crippen LogP contribution in [0.3, 0.4) is 0 Å². The Bertz CT molecular complexity index is 542. The number of nitrogens with one attached hydrogen (secondary N) is 1. The van der Waals surface area contributed by atoms with Gasteiger partial charge >= 0.3 is 0 Å². The summed E-state index contributed by atoms with van der Waals surface area (Å²) in [7, 11) is 0. The first-order valence-corrected chi connectivity index (χ1v) is 8.50. The van der Waals surface area contributed by atoms with Gasteiger partial charge in [-0.1, -0.05) is 49.6 Å². The average Bonchev–Trinajstić information content (AvgIpc) is 2.59. The third kappa shape index (κ3) is 4.56. The molecule has 23 heavy (non-hydrogen) atoms. The SMILES string of the molecule is CC(O)CC(CNC(=O)C1(C#N)CCCCC1)c1ccccc1. The van der Waals surface area contributed by atoms with Crippen LogP contribution < -0.4 is 5.32 Å². The van der Waals surface area contributed by atoms with Gasteiger partial charge in [0.1, 0.15) is 5.41 Å². The van der Waals surface area contributed by atoms with Crippen LogP contribution in [0.25, 0.3) is 0 Å². The van der Waals surface area contributed by atoms with Crippen molar-refractivity contribution in [2.24, 2.45) is 5.41 Å². The fourth-order valence-corrected chi connectivity index (χ4v) is 3.40. The van der Waals surface area contributed by atoms with E-state index in [0.29, 0.717) is 25.8 Å². The van der Waals surface area contributed by atoms with Gasteiger partial charge in [0.15, 0.2) is 0 Å². The summed E-state index contributed by atoms with van der Waals surface area (Å²) < 4.78 is 0. The van der Waals surface area contributed by atoms with E-state index in [1.807, 2.05) is 30.3 Å². The molecule has 1 fully saturated rings. The summed E-state index contributed by atoms with van der Waals surface area (Å²) in [4.78, 5) is 12.6. The van der Waals surface area contributed by atoms with Crippen molar-refractivity contribution in [3.8, 4) is 6.07 Å². The Morgan fingerprint density at radius 3 is 2.52 bits per heavy atom. The smallest absolute Gasteiger partial charge is 0.240 e. The standard InChI is InChI=1S/C19H26N2O2/c1-15(22)12-17(16-8-4-2-5-9-16)13-21-18(23)19(14-20)10-6-3-7-11-19/h2,4-5,8-9,15,17,22H,3,6-7,10-13H2,1H3,(H,21,23). The molecule has 2 unspecified atom stereocenters. The van der Waals surface area contributed by atoms with Crippen LogP contribution in [0.1, 0.15) is 56.9 Å². The van der Waals surface area contributed by atoms with Gasteiger partial charge in [-0.15, -0.1) is 0 Å². The van der Waals surface area contributed by atoms with Crippen LogP contribution >= 0.6 is 0 Å². The molecule has 0 bridgehead atoms. The maximum absolute atomic E-state index is 12.6. The number of benzene rings is 1. The van der Waals surface area contributed by atoms with Gasteiger partial charge in [0.05, 0.1) is 12.2 Å². The summed E-state index contributed by atoms with van der Waals surface area (Å²) in [6.07, 6.45) is 4.45. The first kappa shape index (κ1) is 17.5. The predicted octanol–water partition coefficient (Wildman–Crippen LogP) is 3.13. The highest BCUT2D eigenvalue weighted by Gasteiger charge is 2.39. The number of amides is 1. The summed E-state index contributed by atoms with van der Waals surface area (Å²) in [6.45, 7) is 2.22. The lowest BCUT2D eigenvalue weighted by molar-refractivity contribution is -0.129. The third-order valence-corrected chi connectivity index (χ3v) is 4.76. The number of nitrogens with zero attached hydrogens (tertiary/aromatic N) is 1. The van der Waals surface area contributed by atoms with Crippen molar-refractivity contribution >= 4 is 5.91 Å². The molecule has 0 aliphatic heterocycles. The topological polar surface area (TPSA) is 73.1 Å². The number of carbonyl (C=O) groups excluding carboxylic acids is 1. The van der Waals surface area contributed by atoms with Crippen molar-refractivity contribution < 1.29 is 9.90 Å². The fourth-order valence-electron chi connectivity index (χ4n) is 3.40. The molecular weight excluding hydrogens is 288 g/mol. The minimum Gasteiger partial charge on any atom is -0.393 e. The zero-order valence-electron chi connectivity index (χ0n) is 13.8. The van der Waals surface area contributed by atoms with Crippen molar-refractivity contribution in [1.29, 1.82) is 5.26 Å². The molecular formula is C19H26N2O2. The third-order valence-electron chi connectivity index (χ3n) is 4.76. The molecule has 0 spiro atoms. The zero-order valence-corrected chi connectivity index (χ0v) is 13.8. The van der Waals surface area contributed by atoms with Gasteiger partial charge in [0.2, 0.25) is 5.91 Å². The lowest BCUT2D eigenvalue weighted by Crippen LogP contribution is -2.43. The maximum atomic E-state index is 12.6. The molecule has 1 aromatic rings. The molecule has 4 heteroatoms. The molecule has 2 N–H and O–H groups in total. The van der Waals surface area contributed by atoms with Crippen molar-refractivity contribution in [2.75, 3.05) is 6.54 Å². The van der Waals surface area contributed by atoms with E-state index in [2.05, 4.69) is 11.4 Å². The number of aliphatic hydroxyl groups is 1. The molecule has 1 aliphatic carbocycles. The second kappa shape index (κ2) is 8.12. The minimum atomic E-state index is -0.857. The van der Waals surface area contributed by atoms with Crippen molar-refractivity contribution in [3.05, 3.63) is 35.9 Å². The van der Waals surface area contributed by atoms with Crippen LogP contribution in [0.5, 0.6) is 0 Å². The minimum absolute atomic E-state index is 0.0551. The van der Waals surface area contributed by atoms with Gasteiger partial charge in [-0.05, 0) is 31.7 Å². The number of hydrogen-bond donors (Lipinski definition) is 2. The Hall–Kier alpha value is -1.86. The summed E-state index contributed by atoms with van der Waals surface area (Å²) in [5, 5.41) is 22.2. The highest BCUT2D eigenvalue weighted by Crippen LogP contribution is 2.36. The molecule has 1 aliphatic rings. The van der Waals surface area contributed by atoms with Crippen molar-refractivity contribution in [3.63, 3.8) is 0 Å². The Morgan fingerprint density at radius 1 is 1.30 bits per heavy atom. The number of carbonyl (C=O) groups is 1. The van der Waals surface area contributed by atoms with Gasteiger partial charge in [-0.3, -0.25) is 4.79 Å². The van der Waals surface area contributed by atoms with Gasteiger partial charge in [-0.2, -0.15) is 5.26 Å². The van der Waals surface area contributed by atoms with E-state index in [4.69, 9.17) is 0 Å². The van der Waals surface area contributed by atoms with Gasteiger partial charge < -0.3 is 10.4 Å². The van der Waals surface area contributed by atoms with Crippen molar-refractivity contribution in [2.45, 2.75) is 57.5 Å². The van der Waals surface area contributed by atoms with E-state index < -0.39 is 11.5 Å². The molecule has 1 amide bonds. The Balaban J connectivity index is 2.03. The Morgan fingerprint density at radius 2 is 1.96 bits per heavy atom. The molecule has 0 heterocycles. The largest absolute Gasteiger partial charge is 0.393 e. The summed E-state index contributed by atoms with van der Waals surface area (Å²) in [5.41, 5.74) is 0.243. The van der Waals surface area contributed by atoms with Gasteiger partial charge in [0.25, 0.3) is 0 Å². The summed E-state index contributed by atoms with van der Waals surface area (Å²) in [6, 6.07) is 12.2. The number of rotatable bonds is 6. The lowest BCUT2D eigenvalue weighted by atomic mass is 9.74. The van der Waals surface area contributed by atoms with Gasteiger partial charge in [0, 0.05) is 12.5 Å². The van der Waals surface area contributed by atoms with Crippen LogP contribution in [0.2, 0.25) is 0 Å². The molecule has 2 rings (SSSR count). The van der Waals surface area contributed by atoms with Crippen LogP contribution in [0, 0.1) is 16.7 Å². The fraction of sp³-hybridized carbons (Fsp3) is 0.579. The molecule has 1 aromatic carbocycles. The first-order valence-electron chi connectivity index (χ1n) is 8.50. The number of aliphatic hydroxyl groups excluding tert-OH is 1. The van der Waals surface area contributed by atoms with Crippen LogP contribution in [0.4, 0.5) is 0 Å². The highest BCUT2D eigenvalue weighted by atomic mass is 16.3. The lowest BCUT2D eigenvalue weighted by Gasteiger charge is -2.30. The normalized spacial score (nSPS) is 19.3. The molecule has 0 saturated heterocycles. The van der Waals surface area contributed by atoms with E-state index in [0.717, 1.165) is 24.8 Å². The molecule has 1 saturated carbocycles. The first-order chi connectivity index (χ1) is 11.1. The Kier molecular flexibility index (Phi) is 6.18. The average molecular weight is 314 g/mol. The molecule has 0 aromatic heterocycles. The maximum Gasteiger partial charge on any atom is 0.240 e. The second-order valence-corrected chi connectivity index (χ2v) is 6.66. The predicted molar refractivity (Wildman–Crippen MR) is 89.6 cm³/mol. The van der Waals surface area contributed by atoms with Crippen LogP contribution in [-0.4, -0.2) is 23.7 Å². The van der Waals surface area contributed by atoms with E-state index in [1.54, 1.807) is 6.92 Å². The second-order valence-electron chi connectivity index (χ2n) is 6.66. The summed E-state index contributed by atoms with van der Waals surface area (Å²) in [5.74, 6) is -0.0919. The van der Waals surface area contributed by atoms with E-state index in [-0.39, 0.29) is 11.8 Å². The number of hydrogen-bond acceptors (Lipinski definition) is 3. The molecule has 4 nitrogen and oxygen atoms in total. The van der Waals surface area contributed by atoms with Crippen LogP contribution in [-0.2, 0) is 4.79 Å². The zero-order chi connectivity index (χ0) is 16.7. The highest BCUT2D eigenvalue weighted by molar-refractivity contribution is 5.85. The van der Waals surface area contributed by atoms with E-state index in [9.17, 15) is 15.2 Å². The molecule has 0 radical (unpaired) electrons. The van der Waals surface area contributed by atoms with Crippen molar-refractivity contribution in [1.82, 2.24) is 5.32 Å². The summed E-state index contributed by atoms with van der Waals surface area (Å²) >= 11 is 0. The van der Waals surface area contributed by atoms with E-state index >= 15 is 0 Å². The van der Waals surface area contributed by atoms with E-state index in [1.165, 1.54) is 0 Å². The quantitative estimate of drug-likeness (QED) is 0.847. The monoisotopic (exact) mass is 314 g/mol. The van der Waals surface area contributed by atoms with Crippen LogP contribution in [0.15, 0.2) is 30.3 Å². The number of nitriles is 1. The van der Waals surface area contributed by atoms with Gasteiger partial charge in [-0.25, -0.2) is 0 Å².